The minimum Gasteiger partial charge on any atom is -0.320 e. The van der Waals surface area contributed by atoms with Crippen molar-refractivity contribution >= 4 is 19.8 Å². The standard InChI is InChI=1S/C24H26FNO2Si/c1-29(2,3)28-26(22-12-8-5-9-13-22)23(19-14-16-21(25)17-15-19)18-24(27)20-10-6-4-7-11-20/h4-17,23H,18H2,1-3H3. The van der Waals surface area contributed by atoms with Crippen molar-refractivity contribution in [2.24, 2.45) is 0 Å². The lowest BCUT2D eigenvalue weighted by Crippen LogP contribution is -2.40. The summed E-state index contributed by atoms with van der Waals surface area (Å²) in [6.45, 7) is 6.30. The monoisotopic (exact) mass is 407 g/mol. The van der Waals surface area contributed by atoms with E-state index in [-0.39, 0.29) is 24.1 Å². The van der Waals surface area contributed by atoms with Gasteiger partial charge in [-0.2, -0.15) is 0 Å². The summed E-state index contributed by atoms with van der Waals surface area (Å²) in [5, 5.41) is 1.83. The Labute approximate surface area is 172 Å². The van der Waals surface area contributed by atoms with Gasteiger partial charge in [0.05, 0.1) is 11.7 Å². The number of benzene rings is 3. The first kappa shape index (κ1) is 21.0. The van der Waals surface area contributed by atoms with Gasteiger partial charge in [-0.1, -0.05) is 60.7 Å². The van der Waals surface area contributed by atoms with Crippen molar-refractivity contribution in [2.45, 2.75) is 32.1 Å². The van der Waals surface area contributed by atoms with Crippen LogP contribution in [-0.4, -0.2) is 14.1 Å². The lowest BCUT2D eigenvalue weighted by Gasteiger charge is -2.37. The first-order valence-electron chi connectivity index (χ1n) is 9.70. The fourth-order valence-electron chi connectivity index (χ4n) is 3.10. The minimum absolute atomic E-state index is 0.0139. The van der Waals surface area contributed by atoms with Crippen LogP contribution in [0.5, 0.6) is 0 Å². The average molecular weight is 408 g/mol. The predicted molar refractivity (Wildman–Crippen MR) is 118 cm³/mol. The Kier molecular flexibility index (Phi) is 6.62. The maximum atomic E-state index is 13.6. The molecule has 3 nitrogen and oxygen atoms in total. The summed E-state index contributed by atoms with van der Waals surface area (Å²) in [5.74, 6) is -0.292. The normalized spacial score (nSPS) is 12.4. The van der Waals surface area contributed by atoms with E-state index in [0.717, 1.165) is 11.3 Å². The summed E-state index contributed by atoms with van der Waals surface area (Å²) in [6.07, 6.45) is 0.217. The number of carbonyl (C=O) groups excluding carboxylic acids is 1. The van der Waals surface area contributed by atoms with Gasteiger partial charge < -0.3 is 4.53 Å². The molecule has 1 atom stereocenters. The van der Waals surface area contributed by atoms with Crippen LogP contribution in [0.15, 0.2) is 84.9 Å². The number of hydroxylamine groups is 1. The maximum Gasteiger partial charge on any atom is 0.220 e. The summed E-state index contributed by atoms with van der Waals surface area (Å²) >= 11 is 0. The molecule has 0 aromatic heterocycles. The summed E-state index contributed by atoms with van der Waals surface area (Å²) in [6, 6.07) is 24.9. The Balaban J connectivity index is 2.03. The predicted octanol–water partition coefficient (Wildman–Crippen LogP) is 6.41. The molecule has 0 radical (unpaired) electrons. The van der Waals surface area contributed by atoms with Gasteiger partial charge in [0.1, 0.15) is 5.82 Å². The molecule has 3 rings (SSSR count). The van der Waals surface area contributed by atoms with Gasteiger partial charge >= 0.3 is 0 Å². The van der Waals surface area contributed by atoms with Gasteiger partial charge in [0.15, 0.2) is 5.78 Å². The number of rotatable bonds is 8. The third-order valence-corrected chi connectivity index (χ3v) is 5.14. The van der Waals surface area contributed by atoms with Crippen molar-refractivity contribution in [1.29, 1.82) is 0 Å². The highest BCUT2D eigenvalue weighted by Gasteiger charge is 2.30. The van der Waals surface area contributed by atoms with E-state index in [1.54, 1.807) is 12.1 Å². The van der Waals surface area contributed by atoms with Crippen molar-refractivity contribution < 1.29 is 13.7 Å². The van der Waals surface area contributed by atoms with Crippen LogP contribution in [0.25, 0.3) is 0 Å². The number of ketones is 1. The summed E-state index contributed by atoms with van der Waals surface area (Å²) < 4.78 is 20.0. The van der Waals surface area contributed by atoms with E-state index in [9.17, 15) is 9.18 Å². The molecule has 3 aromatic rings. The fourth-order valence-corrected chi connectivity index (χ4v) is 3.93. The second-order valence-corrected chi connectivity index (χ2v) is 12.3. The molecule has 0 heterocycles. The maximum absolute atomic E-state index is 13.6. The summed E-state index contributed by atoms with van der Waals surface area (Å²) in [4.78, 5) is 13.1. The van der Waals surface area contributed by atoms with Crippen LogP contribution in [0.4, 0.5) is 10.1 Å². The molecule has 5 heteroatoms. The molecule has 0 bridgehead atoms. The molecule has 0 amide bonds. The van der Waals surface area contributed by atoms with E-state index in [1.165, 1.54) is 12.1 Å². The largest absolute Gasteiger partial charge is 0.320 e. The van der Waals surface area contributed by atoms with E-state index in [1.807, 2.05) is 65.7 Å². The molecule has 3 aromatic carbocycles. The van der Waals surface area contributed by atoms with Crippen LogP contribution in [0.2, 0.25) is 19.6 Å². The molecule has 29 heavy (non-hydrogen) atoms. The molecule has 0 saturated carbocycles. The van der Waals surface area contributed by atoms with Gasteiger partial charge in [0.25, 0.3) is 0 Å². The molecule has 1 unspecified atom stereocenters. The lowest BCUT2D eigenvalue weighted by atomic mass is 9.97. The second kappa shape index (κ2) is 9.16. The molecule has 0 fully saturated rings. The highest BCUT2D eigenvalue weighted by Crippen LogP contribution is 2.33. The van der Waals surface area contributed by atoms with Crippen LogP contribution >= 0.6 is 0 Å². The Morgan fingerprint density at radius 3 is 2.00 bits per heavy atom. The molecule has 0 aliphatic heterocycles. The topological polar surface area (TPSA) is 29.5 Å². The van der Waals surface area contributed by atoms with E-state index < -0.39 is 8.32 Å². The van der Waals surface area contributed by atoms with Gasteiger partial charge in [-0.25, -0.2) is 4.39 Å². The van der Waals surface area contributed by atoms with E-state index in [0.29, 0.717) is 5.56 Å². The third-order valence-electron chi connectivity index (χ3n) is 4.40. The quantitative estimate of drug-likeness (QED) is 0.245. The summed E-state index contributed by atoms with van der Waals surface area (Å²) in [7, 11) is -2.00. The zero-order valence-electron chi connectivity index (χ0n) is 17.0. The first-order valence-corrected chi connectivity index (χ1v) is 13.1. The number of anilines is 1. The number of Topliss-reactive ketones (excluding diaryl/α,β-unsaturated/α-hetero) is 1. The van der Waals surface area contributed by atoms with Crippen LogP contribution < -0.4 is 5.06 Å². The van der Waals surface area contributed by atoms with Crippen LogP contribution in [-0.2, 0) is 4.53 Å². The van der Waals surface area contributed by atoms with Gasteiger partial charge in [-0.15, -0.1) is 0 Å². The molecular formula is C24H26FNO2Si. The van der Waals surface area contributed by atoms with Crippen molar-refractivity contribution in [1.82, 2.24) is 0 Å². The van der Waals surface area contributed by atoms with Crippen LogP contribution in [0.1, 0.15) is 28.4 Å². The molecule has 0 saturated heterocycles. The molecule has 150 valence electrons. The zero-order chi connectivity index (χ0) is 20.9. The molecule has 0 spiro atoms. The van der Waals surface area contributed by atoms with Crippen molar-refractivity contribution in [2.75, 3.05) is 5.06 Å². The SMILES string of the molecule is C[Si](C)(C)ON(c1ccccc1)C(CC(=O)c1ccccc1)c1ccc(F)cc1. The lowest BCUT2D eigenvalue weighted by molar-refractivity contribution is 0.0953. The van der Waals surface area contributed by atoms with Gasteiger partial charge in [0.2, 0.25) is 8.32 Å². The molecule has 0 aliphatic rings. The van der Waals surface area contributed by atoms with Gasteiger partial charge in [0, 0.05) is 12.0 Å². The number of hydrogen-bond donors (Lipinski definition) is 0. The van der Waals surface area contributed by atoms with Crippen LogP contribution in [0, 0.1) is 5.82 Å². The zero-order valence-corrected chi connectivity index (χ0v) is 18.0. The first-order chi connectivity index (χ1) is 13.8. The smallest absolute Gasteiger partial charge is 0.220 e. The highest BCUT2D eigenvalue weighted by molar-refractivity contribution is 6.69. The minimum atomic E-state index is -2.00. The van der Waals surface area contributed by atoms with Gasteiger partial charge in [-0.05, 0) is 49.5 Å². The van der Waals surface area contributed by atoms with E-state index >= 15 is 0 Å². The Bertz CT molecular complexity index is 925. The number of para-hydroxylation sites is 1. The van der Waals surface area contributed by atoms with E-state index in [2.05, 4.69) is 19.6 Å². The van der Waals surface area contributed by atoms with Crippen molar-refractivity contribution in [3.63, 3.8) is 0 Å². The summed E-state index contributed by atoms with van der Waals surface area (Å²) in [5.41, 5.74) is 2.35. The average Bonchev–Trinajstić information content (AvgIpc) is 2.72. The Hall–Kier alpha value is -2.76. The van der Waals surface area contributed by atoms with Crippen molar-refractivity contribution in [3.8, 4) is 0 Å². The number of halogens is 1. The molecular weight excluding hydrogens is 381 g/mol. The number of nitrogens with zero attached hydrogens (tertiary/aromatic N) is 1. The number of carbonyl (C=O) groups is 1. The molecule has 0 N–H and O–H groups in total. The Morgan fingerprint density at radius 2 is 1.45 bits per heavy atom. The second-order valence-electron chi connectivity index (χ2n) is 7.93. The van der Waals surface area contributed by atoms with E-state index in [4.69, 9.17) is 4.53 Å². The highest BCUT2D eigenvalue weighted by atomic mass is 28.4. The Morgan fingerprint density at radius 1 is 0.897 bits per heavy atom. The third kappa shape index (κ3) is 5.86. The molecule has 0 aliphatic carbocycles. The fraction of sp³-hybridized carbons (Fsp3) is 0.208. The van der Waals surface area contributed by atoms with Crippen LogP contribution in [0.3, 0.4) is 0 Å². The number of hydrogen-bond acceptors (Lipinski definition) is 3. The van der Waals surface area contributed by atoms with Gasteiger partial charge in [-0.3, -0.25) is 9.86 Å². The van der Waals surface area contributed by atoms with Crippen molar-refractivity contribution in [3.05, 3.63) is 102 Å².